The summed E-state index contributed by atoms with van der Waals surface area (Å²) in [6.07, 6.45) is 4.02. The van der Waals surface area contributed by atoms with E-state index in [2.05, 4.69) is 4.90 Å². The maximum Gasteiger partial charge on any atom is 0.0363 e. The number of hydrogen-bond acceptors (Lipinski definition) is 3. The molecule has 0 bridgehead atoms. The zero-order valence-electron chi connectivity index (χ0n) is 9.36. The molecule has 1 saturated heterocycles. The molecular formula is C11H22N2OS. The molecule has 2 aliphatic rings. The number of rotatable bonds is 3. The van der Waals surface area contributed by atoms with Crippen molar-refractivity contribution in [1.29, 1.82) is 0 Å². The first kappa shape index (κ1) is 11.6. The molecule has 15 heavy (non-hydrogen) atoms. The Morgan fingerprint density at radius 2 is 1.87 bits per heavy atom. The maximum absolute atomic E-state index is 11.2. The van der Waals surface area contributed by atoms with Crippen molar-refractivity contribution in [2.24, 2.45) is 17.6 Å². The predicted octanol–water partition coefficient (Wildman–Crippen LogP) is 0.426. The van der Waals surface area contributed by atoms with Gasteiger partial charge in [0.2, 0.25) is 0 Å². The van der Waals surface area contributed by atoms with E-state index in [4.69, 9.17) is 5.73 Å². The average molecular weight is 230 g/mol. The summed E-state index contributed by atoms with van der Waals surface area (Å²) in [6, 6.07) is 0. The van der Waals surface area contributed by atoms with Crippen LogP contribution in [-0.4, -0.2) is 46.8 Å². The lowest BCUT2D eigenvalue weighted by molar-refractivity contribution is 0.222. The Bertz CT molecular complexity index is 225. The van der Waals surface area contributed by atoms with Gasteiger partial charge in [-0.15, -0.1) is 0 Å². The van der Waals surface area contributed by atoms with E-state index in [1.165, 1.54) is 25.8 Å². The Kier molecular flexibility index (Phi) is 4.17. The fourth-order valence-corrected chi connectivity index (χ4v) is 3.98. The summed E-state index contributed by atoms with van der Waals surface area (Å²) >= 11 is 0. The topological polar surface area (TPSA) is 46.3 Å². The molecule has 2 unspecified atom stereocenters. The molecule has 0 aromatic carbocycles. The van der Waals surface area contributed by atoms with Gasteiger partial charge in [-0.25, -0.2) is 0 Å². The molecule has 1 saturated carbocycles. The molecule has 0 radical (unpaired) electrons. The van der Waals surface area contributed by atoms with E-state index in [-0.39, 0.29) is 0 Å². The fourth-order valence-electron chi connectivity index (χ4n) is 2.85. The van der Waals surface area contributed by atoms with Gasteiger partial charge in [0.1, 0.15) is 0 Å². The first-order valence-electron chi connectivity index (χ1n) is 6.07. The van der Waals surface area contributed by atoms with Crippen LogP contribution in [0.3, 0.4) is 0 Å². The van der Waals surface area contributed by atoms with Crippen LogP contribution in [0, 0.1) is 11.8 Å². The first-order valence-corrected chi connectivity index (χ1v) is 7.56. The highest BCUT2D eigenvalue weighted by Crippen LogP contribution is 2.31. The van der Waals surface area contributed by atoms with Gasteiger partial charge in [-0.1, -0.05) is 6.42 Å². The Balaban J connectivity index is 1.78. The molecule has 3 nitrogen and oxygen atoms in total. The van der Waals surface area contributed by atoms with Crippen LogP contribution in [0.1, 0.15) is 19.3 Å². The lowest BCUT2D eigenvalue weighted by Gasteiger charge is -2.30. The number of hydrogen-bond donors (Lipinski definition) is 1. The lowest BCUT2D eigenvalue weighted by atomic mass is 9.95. The second-order valence-electron chi connectivity index (χ2n) is 4.84. The Morgan fingerprint density at radius 1 is 1.20 bits per heavy atom. The lowest BCUT2D eigenvalue weighted by Crippen LogP contribution is -2.41. The zero-order chi connectivity index (χ0) is 10.7. The van der Waals surface area contributed by atoms with E-state index in [1.54, 1.807) is 0 Å². The van der Waals surface area contributed by atoms with Gasteiger partial charge in [-0.2, -0.15) is 0 Å². The van der Waals surface area contributed by atoms with Gasteiger partial charge < -0.3 is 10.6 Å². The molecule has 0 aromatic heterocycles. The van der Waals surface area contributed by atoms with E-state index in [1.807, 2.05) is 0 Å². The van der Waals surface area contributed by atoms with Crippen molar-refractivity contribution >= 4 is 10.8 Å². The van der Waals surface area contributed by atoms with Crippen molar-refractivity contribution in [3.63, 3.8) is 0 Å². The number of nitrogens with zero attached hydrogens (tertiary/aromatic N) is 1. The van der Waals surface area contributed by atoms with Gasteiger partial charge in [-0.05, 0) is 31.2 Å². The summed E-state index contributed by atoms with van der Waals surface area (Å²) in [5, 5.41) is 0. The van der Waals surface area contributed by atoms with Gasteiger partial charge >= 0.3 is 0 Å². The summed E-state index contributed by atoms with van der Waals surface area (Å²) in [5.74, 6) is 3.30. The van der Waals surface area contributed by atoms with Crippen LogP contribution < -0.4 is 5.73 Å². The van der Waals surface area contributed by atoms with E-state index in [9.17, 15) is 4.21 Å². The molecular weight excluding hydrogens is 208 g/mol. The zero-order valence-corrected chi connectivity index (χ0v) is 10.2. The largest absolute Gasteiger partial charge is 0.330 e. The van der Waals surface area contributed by atoms with Crippen LogP contribution in [0.4, 0.5) is 0 Å². The molecule has 4 heteroatoms. The summed E-state index contributed by atoms with van der Waals surface area (Å²) in [6.45, 7) is 4.10. The van der Waals surface area contributed by atoms with Gasteiger partial charge in [0, 0.05) is 41.9 Å². The van der Waals surface area contributed by atoms with Gasteiger partial charge in [-0.3, -0.25) is 4.21 Å². The Hall–Kier alpha value is 0.0700. The third-order valence-electron chi connectivity index (χ3n) is 3.88. The molecule has 1 aliphatic carbocycles. The molecule has 2 N–H and O–H groups in total. The van der Waals surface area contributed by atoms with Crippen LogP contribution >= 0.6 is 0 Å². The minimum absolute atomic E-state index is 0.541. The smallest absolute Gasteiger partial charge is 0.0363 e. The molecule has 2 atom stereocenters. The highest BCUT2D eigenvalue weighted by Gasteiger charge is 2.28. The molecule has 1 aliphatic heterocycles. The van der Waals surface area contributed by atoms with Gasteiger partial charge in [0.05, 0.1) is 0 Å². The summed E-state index contributed by atoms with van der Waals surface area (Å²) in [4.78, 5) is 2.49. The van der Waals surface area contributed by atoms with Gasteiger partial charge in [0.15, 0.2) is 0 Å². The van der Waals surface area contributed by atoms with E-state index < -0.39 is 10.8 Å². The van der Waals surface area contributed by atoms with Crippen molar-refractivity contribution < 1.29 is 4.21 Å². The molecule has 2 rings (SSSR count). The number of nitrogens with two attached hydrogens (primary N) is 1. The SMILES string of the molecule is NCC1CCCC1CN1CCS(=O)CC1. The molecule has 0 amide bonds. The molecule has 0 aromatic rings. The average Bonchev–Trinajstić information content (AvgIpc) is 2.69. The Morgan fingerprint density at radius 3 is 2.53 bits per heavy atom. The van der Waals surface area contributed by atoms with E-state index in [0.29, 0.717) is 0 Å². The maximum atomic E-state index is 11.2. The van der Waals surface area contributed by atoms with E-state index >= 15 is 0 Å². The highest BCUT2D eigenvalue weighted by atomic mass is 32.2. The predicted molar refractivity (Wildman–Crippen MR) is 64.2 cm³/mol. The third kappa shape index (κ3) is 3.02. The molecule has 0 spiro atoms. The van der Waals surface area contributed by atoms with Crippen LogP contribution in [0.5, 0.6) is 0 Å². The van der Waals surface area contributed by atoms with Crippen molar-refractivity contribution in [1.82, 2.24) is 4.90 Å². The summed E-state index contributed by atoms with van der Waals surface area (Å²) in [7, 11) is -0.541. The quantitative estimate of drug-likeness (QED) is 0.764. The second-order valence-corrected chi connectivity index (χ2v) is 6.53. The minimum Gasteiger partial charge on any atom is -0.330 e. The van der Waals surface area contributed by atoms with Crippen molar-refractivity contribution in [3.05, 3.63) is 0 Å². The Labute approximate surface area is 94.9 Å². The molecule has 2 fully saturated rings. The van der Waals surface area contributed by atoms with Crippen LogP contribution in [-0.2, 0) is 10.8 Å². The van der Waals surface area contributed by atoms with Crippen molar-refractivity contribution in [3.8, 4) is 0 Å². The molecule has 88 valence electrons. The second kappa shape index (κ2) is 5.41. The van der Waals surface area contributed by atoms with Gasteiger partial charge in [0.25, 0.3) is 0 Å². The highest BCUT2D eigenvalue weighted by molar-refractivity contribution is 7.85. The monoisotopic (exact) mass is 230 g/mol. The summed E-state index contributed by atoms with van der Waals surface area (Å²) in [5.41, 5.74) is 5.78. The minimum atomic E-state index is -0.541. The van der Waals surface area contributed by atoms with Crippen LogP contribution in [0.25, 0.3) is 0 Å². The van der Waals surface area contributed by atoms with Crippen molar-refractivity contribution in [2.75, 3.05) is 37.7 Å². The first-order chi connectivity index (χ1) is 7.29. The normalized spacial score (nSPS) is 34.7. The van der Waals surface area contributed by atoms with Crippen LogP contribution in [0.15, 0.2) is 0 Å². The van der Waals surface area contributed by atoms with E-state index in [0.717, 1.165) is 43.0 Å². The molecule has 1 heterocycles. The fraction of sp³-hybridized carbons (Fsp3) is 1.00. The van der Waals surface area contributed by atoms with Crippen LogP contribution in [0.2, 0.25) is 0 Å². The van der Waals surface area contributed by atoms with Crippen molar-refractivity contribution in [2.45, 2.75) is 19.3 Å². The third-order valence-corrected chi connectivity index (χ3v) is 5.16. The summed E-state index contributed by atoms with van der Waals surface area (Å²) < 4.78 is 11.2. The standard InChI is InChI=1S/C11H22N2OS/c12-8-10-2-1-3-11(10)9-13-4-6-15(14)7-5-13/h10-11H,1-9,12H2.